The van der Waals surface area contributed by atoms with E-state index in [0.717, 1.165) is 25.6 Å². The smallest absolute Gasteiger partial charge is 0.202 e. The van der Waals surface area contributed by atoms with E-state index in [2.05, 4.69) is 27.1 Å². The number of imidazole rings is 1. The van der Waals surface area contributed by atoms with Crippen LogP contribution in [-0.4, -0.2) is 40.4 Å². The number of anilines is 1. The van der Waals surface area contributed by atoms with Crippen molar-refractivity contribution in [3.05, 3.63) is 12.4 Å². The van der Waals surface area contributed by atoms with Gasteiger partial charge in [-0.05, 0) is 13.8 Å². The van der Waals surface area contributed by atoms with E-state index in [1.165, 1.54) is 0 Å². The average Bonchev–Trinajstić information content (AvgIpc) is 2.64. The van der Waals surface area contributed by atoms with E-state index in [4.69, 9.17) is 5.11 Å². The molecule has 1 rings (SSSR count). The Morgan fingerprint density at radius 1 is 1.53 bits per heavy atom. The summed E-state index contributed by atoms with van der Waals surface area (Å²) in [6.45, 7) is 7.03. The summed E-state index contributed by atoms with van der Waals surface area (Å²) in [6, 6.07) is 0. The van der Waals surface area contributed by atoms with Gasteiger partial charge in [-0.3, -0.25) is 0 Å². The van der Waals surface area contributed by atoms with Crippen LogP contribution in [0.1, 0.15) is 13.8 Å². The zero-order valence-electron chi connectivity index (χ0n) is 9.40. The number of aliphatic hydroxyl groups excluding tert-OH is 1. The largest absolute Gasteiger partial charge is 0.392 e. The Balaban J connectivity index is 2.15. The van der Waals surface area contributed by atoms with Crippen LogP contribution in [0.25, 0.3) is 0 Å². The number of aromatic nitrogens is 2. The maximum Gasteiger partial charge on any atom is 0.202 e. The second-order valence-electron chi connectivity index (χ2n) is 3.52. The van der Waals surface area contributed by atoms with Gasteiger partial charge >= 0.3 is 0 Å². The zero-order valence-corrected chi connectivity index (χ0v) is 9.40. The van der Waals surface area contributed by atoms with Crippen LogP contribution in [0.15, 0.2) is 12.4 Å². The molecular weight excluding hydrogens is 192 g/mol. The first kappa shape index (κ1) is 12.0. The maximum atomic E-state index is 9.02. The van der Waals surface area contributed by atoms with Crippen LogP contribution in [0.5, 0.6) is 0 Å². The van der Waals surface area contributed by atoms with Crippen molar-refractivity contribution in [2.24, 2.45) is 0 Å². The van der Waals surface area contributed by atoms with Crippen molar-refractivity contribution in [3.63, 3.8) is 0 Å². The van der Waals surface area contributed by atoms with Gasteiger partial charge in [0.15, 0.2) is 0 Å². The van der Waals surface area contributed by atoms with E-state index in [1.54, 1.807) is 13.1 Å². The highest BCUT2D eigenvalue weighted by molar-refractivity contribution is 5.25. The molecule has 3 N–H and O–H groups in total. The number of aryl methyl sites for hydroxylation is 1. The van der Waals surface area contributed by atoms with Gasteiger partial charge in [-0.25, -0.2) is 4.98 Å². The number of nitrogens with zero attached hydrogens (tertiary/aromatic N) is 2. The third-order valence-electron chi connectivity index (χ3n) is 2.08. The standard InChI is InChI=1S/C10H20N4O/c1-3-14-7-6-13-10(14)12-5-4-11-8-9(2)15/h6-7,9,11,15H,3-5,8H2,1-2H3,(H,12,13). The second kappa shape index (κ2) is 6.42. The SMILES string of the molecule is CCn1ccnc1NCCNCC(C)O. The minimum atomic E-state index is -0.289. The molecule has 86 valence electrons. The molecular formula is C10H20N4O. The molecule has 0 aromatic carbocycles. The minimum Gasteiger partial charge on any atom is -0.392 e. The first-order chi connectivity index (χ1) is 7.24. The molecule has 0 radical (unpaired) electrons. The summed E-state index contributed by atoms with van der Waals surface area (Å²) >= 11 is 0. The van der Waals surface area contributed by atoms with Crippen molar-refractivity contribution in [1.82, 2.24) is 14.9 Å². The van der Waals surface area contributed by atoms with Gasteiger partial charge in [0.05, 0.1) is 6.10 Å². The van der Waals surface area contributed by atoms with E-state index >= 15 is 0 Å². The van der Waals surface area contributed by atoms with Crippen molar-refractivity contribution in [3.8, 4) is 0 Å². The molecule has 0 bridgehead atoms. The Morgan fingerprint density at radius 3 is 3.00 bits per heavy atom. The summed E-state index contributed by atoms with van der Waals surface area (Å²) in [5.74, 6) is 0.899. The fourth-order valence-electron chi connectivity index (χ4n) is 1.31. The minimum absolute atomic E-state index is 0.289. The normalized spacial score (nSPS) is 12.7. The summed E-state index contributed by atoms with van der Waals surface area (Å²) in [4.78, 5) is 4.19. The molecule has 0 fully saturated rings. The molecule has 5 heteroatoms. The quantitative estimate of drug-likeness (QED) is 0.568. The number of rotatable bonds is 7. The monoisotopic (exact) mass is 212 g/mol. The summed E-state index contributed by atoms with van der Waals surface area (Å²) in [5, 5.41) is 15.4. The molecule has 1 atom stereocenters. The van der Waals surface area contributed by atoms with Crippen LogP contribution >= 0.6 is 0 Å². The molecule has 15 heavy (non-hydrogen) atoms. The molecule has 0 aliphatic rings. The third kappa shape index (κ3) is 4.31. The third-order valence-corrected chi connectivity index (χ3v) is 2.08. The predicted octanol–water partition coefficient (Wildman–Crippen LogP) is 0.285. The van der Waals surface area contributed by atoms with Gasteiger partial charge < -0.3 is 20.3 Å². The Morgan fingerprint density at radius 2 is 2.33 bits per heavy atom. The lowest BCUT2D eigenvalue weighted by molar-refractivity contribution is 0.192. The highest BCUT2D eigenvalue weighted by Crippen LogP contribution is 2.02. The molecule has 5 nitrogen and oxygen atoms in total. The van der Waals surface area contributed by atoms with Gasteiger partial charge in [0.1, 0.15) is 0 Å². The summed E-state index contributed by atoms with van der Waals surface area (Å²) < 4.78 is 2.05. The molecule has 1 unspecified atom stereocenters. The Labute approximate surface area is 90.5 Å². The lowest BCUT2D eigenvalue weighted by Gasteiger charge is -2.09. The molecule has 0 aliphatic carbocycles. The summed E-state index contributed by atoms with van der Waals surface area (Å²) in [7, 11) is 0. The molecule has 0 spiro atoms. The lowest BCUT2D eigenvalue weighted by Crippen LogP contribution is -2.29. The summed E-state index contributed by atoms with van der Waals surface area (Å²) in [5.41, 5.74) is 0. The Hall–Kier alpha value is -1.07. The fourth-order valence-corrected chi connectivity index (χ4v) is 1.31. The molecule has 1 heterocycles. The molecule has 0 amide bonds. The highest BCUT2D eigenvalue weighted by Gasteiger charge is 1.99. The van der Waals surface area contributed by atoms with Crippen LogP contribution in [0, 0.1) is 0 Å². The van der Waals surface area contributed by atoms with E-state index in [0.29, 0.717) is 6.54 Å². The van der Waals surface area contributed by atoms with Gasteiger partial charge in [-0.2, -0.15) is 0 Å². The number of nitrogens with one attached hydrogen (secondary N) is 2. The molecule has 0 saturated carbocycles. The van der Waals surface area contributed by atoms with Crippen molar-refractivity contribution < 1.29 is 5.11 Å². The molecule has 0 aliphatic heterocycles. The van der Waals surface area contributed by atoms with Crippen molar-refractivity contribution in [2.75, 3.05) is 25.0 Å². The van der Waals surface area contributed by atoms with Crippen LogP contribution in [0.3, 0.4) is 0 Å². The molecule has 0 saturated heterocycles. The highest BCUT2D eigenvalue weighted by atomic mass is 16.3. The van der Waals surface area contributed by atoms with E-state index < -0.39 is 0 Å². The summed E-state index contributed by atoms with van der Waals surface area (Å²) in [6.07, 6.45) is 3.45. The maximum absolute atomic E-state index is 9.02. The van der Waals surface area contributed by atoms with Gasteiger partial charge in [0.25, 0.3) is 0 Å². The topological polar surface area (TPSA) is 62.1 Å². The lowest BCUT2D eigenvalue weighted by atomic mass is 10.4. The van der Waals surface area contributed by atoms with Crippen LogP contribution in [0.4, 0.5) is 5.95 Å². The fraction of sp³-hybridized carbons (Fsp3) is 0.700. The van der Waals surface area contributed by atoms with Crippen LogP contribution < -0.4 is 10.6 Å². The average molecular weight is 212 g/mol. The molecule has 1 aromatic heterocycles. The van der Waals surface area contributed by atoms with Crippen LogP contribution in [-0.2, 0) is 6.54 Å². The predicted molar refractivity (Wildman–Crippen MR) is 60.9 cm³/mol. The van der Waals surface area contributed by atoms with E-state index in [1.807, 2.05) is 6.20 Å². The van der Waals surface area contributed by atoms with E-state index in [9.17, 15) is 0 Å². The van der Waals surface area contributed by atoms with Gasteiger partial charge in [-0.1, -0.05) is 0 Å². The zero-order chi connectivity index (χ0) is 11.1. The molecule has 1 aromatic rings. The first-order valence-electron chi connectivity index (χ1n) is 5.37. The van der Waals surface area contributed by atoms with Crippen molar-refractivity contribution in [1.29, 1.82) is 0 Å². The van der Waals surface area contributed by atoms with Crippen molar-refractivity contribution >= 4 is 5.95 Å². The number of hydrogen-bond donors (Lipinski definition) is 3. The Bertz CT molecular complexity index is 272. The van der Waals surface area contributed by atoms with Gasteiger partial charge in [-0.15, -0.1) is 0 Å². The van der Waals surface area contributed by atoms with Gasteiger partial charge in [0.2, 0.25) is 5.95 Å². The second-order valence-corrected chi connectivity index (χ2v) is 3.52. The number of hydrogen-bond acceptors (Lipinski definition) is 4. The first-order valence-corrected chi connectivity index (χ1v) is 5.37. The van der Waals surface area contributed by atoms with Crippen LogP contribution in [0.2, 0.25) is 0 Å². The van der Waals surface area contributed by atoms with Crippen molar-refractivity contribution in [2.45, 2.75) is 26.5 Å². The number of aliphatic hydroxyl groups is 1. The Kier molecular flexibility index (Phi) is 5.14. The van der Waals surface area contributed by atoms with Gasteiger partial charge in [0, 0.05) is 38.6 Å². The van der Waals surface area contributed by atoms with E-state index in [-0.39, 0.29) is 6.10 Å².